The molecule has 3 rings (SSSR count). The summed E-state index contributed by atoms with van der Waals surface area (Å²) < 4.78 is 11.6. The van der Waals surface area contributed by atoms with Crippen LogP contribution >= 0.6 is 0 Å². The lowest BCUT2D eigenvalue weighted by molar-refractivity contribution is -0.384. The summed E-state index contributed by atoms with van der Waals surface area (Å²) in [7, 11) is 0. The van der Waals surface area contributed by atoms with Gasteiger partial charge in [0, 0.05) is 30.9 Å². The summed E-state index contributed by atoms with van der Waals surface area (Å²) in [6.45, 7) is 10.8. The van der Waals surface area contributed by atoms with Gasteiger partial charge in [-0.1, -0.05) is 39.0 Å². The van der Waals surface area contributed by atoms with Gasteiger partial charge in [-0.15, -0.1) is 0 Å². The molecule has 0 saturated carbocycles. The molecule has 220 valence electrons. The smallest absolute Gasteiger partial charge is 0.296 e. The second-order valence-electron chi connectivity index (χ2n) is 11.7. The first-order valence-corrected chi connectivity index (χ1v) is 13.3. The van der Waals surface area contributed by atoms with E-state index < -0.39 is 16.9 Å². The summed E-state index contributed by atoms with van der Waals surface area (Å²) in [6.07, 6.45) is 1.33. The van der Waals surface area contributed by atoms with E-state index in [4.69, 9.17) is 15.2 Å². The van der Waals surface area contributed by atoms with Gasteiger partial charge in [-0.25, -0.2) is 4.98 Å². The Morgan fingerprint density at radius 2 is 1.80 bits per heavy atom. The van der Waals surface area contributed by atoms with Crippen molar-refractivity contribution in [1.29, 1.82) is 0 Å². The molecule has 0 bridgehead atoms. The molecule has 1 aromatic heterocycles. The normalized spacial score (nSPS) is 12.4. The van der Waals surface area contributed by atoms with Crippen molar-refractivity contribution in [2.75, 3.05) is 25.0 Å². The van der Waals surface area contributed by atoms with Crippen molar-refractivity contribution in [3.8, 4) is 17.4 Å². The molecule has 1 atom stereocenters. The minimum atomic E-state index is -0.849. The fourth-order valence-electron chi connectivity index (χ4n) is 3.98. The summed E-state index contributed by atoms with van der Waals surface area (Å²) in [6, 6.07) is 15.2. The molecule has 41 heavy (non-hydrogen) atoms. The van der Waals surface area contributed by atoms with Crippen molar-refractivity contribution in [3.63, 3.8) is 0 Å². The van der Waals surface area contributed by atoms with Crippen LogP contribution in [0, 0.1) is 15.5 Å². The van der Waals surface area contributed by atoms with E-state index in [1.807, 2.05) is 46.8 Å². The summed E-state index contributed by atoms with van der Waals surface area (Å²) in [4.78, 5) is 26.8. The van der Waals surface area contributed by atoms with Gasteiger partial charge >= 0.3 is 0 Å². The molecule has 1 heterocycles. The van der Waals surface area contributed by atoms with Gasteiger partial charge in [-0.2, -0.15) is 0 Å². The van der Waals surface area contributed by atoms with Crippen LogP contribution < -0.4 is 25.8 Å². The summed E-state index contributed by atoms with van der Waals surface area (Å²) in [5.74, 6) is 0.365. The van der Waals surface area contributed by atoms with E-state index in [0.717, 1.165) is 5.56 Å². The van der Waals surface area contributed by atoms with Crippen molar-refractivity contribution in [1.82, 2.24) is 10.3 Å². The molecule has 5 N–H and O–H groups in total. The van der Waals surface area contributed by atoms with Gasteiger partial charge in [0.05, 0.1) is 4.92 Å². The Bertz CT molecular complexity index is 1340. The SMILES string of the molecule is CC(C)(C)CNc1c(OCC(O)CNC(C)(C)Cc2ccc(Oc3ncccc3C(N)=O)cc2)cccc1[N+](=O)[O-]. The molecule has 0 spiro atoms. The lowest BCUT2D eigenvalue weighted by Crippen LogP contribution is -2.46. The molecule has 2 aromatic carbocycles. The number of aliphatic hydroxyl groups is 1. The zero-order valence-corrected chi connectivity index (χ0v) is 24.1. The third-order valence-electron chi connectivity index (χ3n) is 6.06. The Labute approximate surface area is 240 Å². The standard InChI is InChI=1S/C30H39N5O6/c1-29(2,3)19-33-26-24(35(38)39)9-6-10-25(26)40-18-21(36)17-34-30(4,5)16-20-11-13-22(14-12-20)41-28-23(27(31)37)8-7-15-32-28/h6-15,21,33-34,36H,16-19H2,1-5H3,(H2,31,37). The molecular weight excluding hydrogens is 526 g/mol. The number of ether oxygens (including phenoxy) is 2. The van der Waals surface area contributed by atoms with Gasteiger partial charge in [0.1, 0.15) is 29.8 Å². The van der Waals surface area contributed by atoms with E-state index in [9.17, 15) is 20.0 Å². The molecule has 0 fully saturated rings. The zero-order valence-electron chi connectivity index (χ0n) is 24.1. The molecule has 0 radical (unpaired) electrons. The average Bonchev–Trinajstić information content (AvgIpc) is 2.90. The minimum Gasteiger partial charge on any atom is -0.488 e. The number of benzene rings is 2. The topological polar surface area (TPSA) is 162 Å². The lowest BCUT2D eigenvalue weighted by Gasteiger charge is -2.28. The van der Waals surface area contributed by atoms with E-state index >= 15 is 0 Å². The third kappa shape index (κ3) is 9.73. The monoisotopic (exact) mass is 565 g/mol. The number of amides is 1. The fourth-order valence-corrected chi connectivity index (χ4v) is 3.98. The number of carbonyl (C=O) groups excluding carboxylic acids is 1. The quantitative estimate of drug-likeness (QED) is 0.160. The summed E-state index contributed by atoms with van der Waals surface area (Å²) in [5.41, 5.74) is 6.38. The van der Waals surface area contributed by atoms with E-state index in [1.54, 1.807) is 36.4 Å². The predicted molar refractivity (Wildman–Crippen MR) is 158 cm³/mol. The largest absolute Gasteiger partial charge is 0.488 e. The Balaban J connectivity index is 1.55. The van der Waals surface area contributed by atoms with Gasteiger partial charge < -0.3 is 30.9 Å². The molecule has 0 saturated heterocycles. The van der Waals surface area contributed by atoms with Crippen LogP contribution in [0.1, 0.15) is 50.5 Å². The van der Waals surface area contributed by atoms with Crippen molar-refractivity contribution in [2.45, 2.75) is 52.7 Å². The van der Waals surface area contributed by atoms with Gasteiger partial charge in [0.25, 0.3) is 11.6 Å². The summed E-state index contributed by atoms with van der Waals surface area (Å²) >= 11 is 0. The molecule has 1 amide bonds. The van der Waals surface area contributed by atoms with Crippen molar-refractivity contribution in [3.05, 3.63) is 82.0 Å². The molecule has 11 heteroatoms. The molecule has 11 nitrogen and oxygen atoms in total. The fraction of sp³-hybridized carbons (Fsp3) is 0.400. The Morgan fingerprint density at radius 1 is 1.10 bits per heavy atom. The maximum absolute atomic E-state index is 11.6. The van der Waals surface area contributed by atoms with E-state index in [0.29, 0.717) is 30.2 Å². The first-order valence-electron chi connectivity index (χ1n) is 13.3. The molecule has 1 unspecified atom stereocenters. The highest BCUT2D eigenvalue weighted by Gasteiger charge is 2.23. The number of nitrogens with zero attached hydrogens (tertiary/aromatic N) is 2. The Kier molecular flexibility index (Phi) is 10.3. The zero-order chi connectivity index (χ0) is 30.2. The highest BCUT2D eigenvalue weighted by atomic mass is 16.6. The molecule has 3 aromatic rings. The average molecular weight is 566 g/mol. The van der Waals surface area contributed by atoms with Gasteiger partial charge in [-0.3, -0.25) is 14.9 Å². The number of nitrogens with one attached hydrogen (secondary N) is 2. The van der Waals surface area contributed by atoms with Crippen LogP contribution in [0.3, 0.4) is 0 Å². The first kappa shape index (κ1) is 31.3. The Morgan fingerprint density at radius 3 is 2.44 bits per heavy atom. The molecule has 0 aliphatic carbocycles. The maximum atomic E-state index is 11.6. The molecule has 0 aliphatic rings. The van der Waals surface area contributed by atoms with Crippen molar-refractivity contribution >= 4 is 17.3 Å². The van der Waals surface area contributed by atoms with Crippen molar-refractivity contribution < 1.29 is 24.3 Å². The minimum absolute atomic E-state index is 0.0404. The summed E-state index contributed by atoms with van der Waals surface area (Å²) in [5, 5.41) is 28.7. The number of pyridine rings is 1. The number of nitro groups is 1. The lowest BCUT2D eigenvalue weighted by atomic mass is 9.94. The number of nitrogens with two attached hydrogens (primary N) is 1. The van der Waals surface area contributed by atoms with Crippen LogP contribution in [0.2, 0.25) is 0 Å². The van der Waals surface area contributed by atoms with Gasteiger partial charge in [0.15, 0.2) is 5.69 Å². The van der Waals surface area contributed by atoms with Crippen LogP contribution in [0.25, 0.3) is 0 Å². The van der Waals surface area contributed by atoms with Gasteiger partial charge in [-0.05, 0) is 61.6 Å². The van der Waals surface area contributed by atoms with E-state index in [2.05, 4.69) is 15.6 Å². The highest BCUT2D eigenvalue weighted by molar-refractivity contribution is 5.95. The number of anilines is 1. The predicted octanol–water partition coefficient (Wildman–Crippen LogP) is 4.69. The first-order chi connectivity index (χ1) is 19.2. The second-order valence-corrected chi connectivity index (χ2v) is 11.7. The van der Waals surface area contributed by atoms with E-state index in [1.165, 1.54) is 12.3 Å². The van der Waals surface area contributed by atoms with Crippen LogP contribution in [0.4, 0.5) is 11.4 Å². The molecule has 0 aliphatic heterocycles. The Hall–Kier alpha value is -4.22. The van der Waals surface area contributed by atoms with Crippen molar-refractivity contribution in [2.24, 2.45) is 11.1 Å². The van der Waals surface area contributed by atoms with Crippen LogP contribution in [-0.2, 0) is 6.42 Å². The number of rotatable bonds is 14. The number of primary amides is 1. The number of nitro benzene ring substituents is 1. The van der Waals surface area contributed by atoms with Crippen LogP contribution in [-0.4, -0.2) is 52.3 Å². The number of carbonyl (C=O) groups is 1. The van der Waals surface area contributed by atoms with Gasteiger partial charge in [0.2, 0.25) is 5.88 Å². The maximum Gasteiger partial charge on any atom is 0.296 e. The number of hydrogen-bond donors (Lipinski definition) is 4. The number of β-amino-alcohol motifs (C(OH)–C–C–N with tert-alkyl or cyclic N) is 1. The number of hydrogen-bond acceptors (Lipinski definition) is 9. The van der Waals surface area contributed by atoms with E-state index in [-0.39, 0.29) is 41.2 Å². The number of aliphatic hydroxyl groups excluding tert-OH is 1. The highest BCUT2D eigenvalue weighted by Crippen LogP contribution is 2.35. The number of para-hydroxylation sites is 1. The van der Waals surface area contributed by atoms with Crippen LogP contribution in [0.15, 0.2) is 60.8 Å². The van der Waals surface area contributed by atoms with Crippen LogP contribution in [0.5, 0.6) is 17.4 Å². The molecular formula is C30H39N5O6. The third-order valence-corrected chi connectivity index (χ3v) is 6.06. The second kappa shape index (κ2) is 13.4. The number of aromatic nitrogens is 1.